The molecule has 1 aromatic carbocycles. The third kappa shape index (κ3) is 5.77. The van der Waals surface area contributed by atoms with Crippen LogP contribution in [0.1, 0.15) is 36.4 Å². The Morgan fingerprint density at radius 3 is 2.46 bits per heavy atom. The van der Waals surface area contributed by atoms with E-state index in [0.29, 0.717) is 30.2 Å². The monoisotopic (exact) mass is 358 g/mol. The van der Waals surface area contributed by atoms with Gasteiger partial charge in [-0.15, -0.1) is 0 Å². The maximum Gasteiger partial charge on any atom is 0.338 e. The van der Waals surface area contributed by atoms with Crippen LogP contribution in [0.25, 0.3) is 0 Å². The Bertz CT molecular complexity index is 738. The molecule has 0 bridgehead atoms. The minimum absolute atomic E-state index is 0.131. The molecule has 0 radical (unpaired) electrons. The van der Waals surface area contributed by atoms with Crippen LogP contribution in [0.5, 0.6) is 0 Å². The number of nitrogens with one attached hydrogen (secondary N) is 1. The Morgan fingerprint density at radius 2 is 1.88 bits per heavy atom. The molecule has 1 N–H and O–H groups in total. The van der Waals surface area contributed by atoms with E-state index >= 15 is 0 Å². The molecule has 0 aliphatic heterocycles. The number of esters is 1. The molecule has 2 amide bonds. The largest absolute Gasteiger partial charge is 0.467 e. The molecule has 0 saturated carbocycles. The molecule has 0 aliphatic rings. The standard InChI is InChI=1S/C19H22N2O5/c1-3-25-19(24)15-6-8-16(9-7-15)20-18(23)10-11-21(14(2)22)13-17-5-4-12-26-17/h4-9,12H,3,10-11,13H2,1-2H3,(H,20,23). The van der Waals surface area contributed by atoms with Crippen LogP contribution in [0.4, 0.5) is 5.69 Å². The zero-order valence-corrected chi connectivity index (χ0v) is 14.9. The highest BCUT2D eigenvalue weighted by atomic mass is 16.5. The summed E-state index contributed by atoms with van der Waals surface area (Å²) in [7, 11) is 0. The number of furan rings is 1. The van der Waals surface area contributed by atoms with Crippen molar-refractivity contribution in [2.45, 2.75) is 26.8 Å². The van der Waals surface area contributed by atoms with Gasteiger partial charge in [-0.05, 0) is 43.3 Å². The number of ether oxygens (including phenoxy) is 1. The van der Waals surface area contributed by atoms with Gasteiger partial charge in [0.15, 0.2) is 0 Å². The molecular weight excluding hydrogens is 336 g/mol. The number of rotatable bonds is 8. The molecule has 0 fully saturated rings. The maximum atomic E-state index is 12.1. The highest BCUT2D eigenvalue weighted by molar-refractivity contribution is 5.93. The van der Waals surface area contributed by atoms with Crippen LogP contribution in [0.2, 0.25) is 0 Å². The molecule has 1 aromatic heterocycles. The Kier molecular flexibility index (Phi) is 6.96. The maximum absolute atomic E-state index is 12.1. The normalized spacial score (nSPS) is 10.2. The second-order valence-corrected chi connectivity index (χ2v) is 5.62. The quantitative estimate of drug-likeness (QED) is 0.733. The van der Waals surface area contributed by atoms with Crippen molar-refractivity contribution < 1.29 is 23.5 Å². The number of carbonyl (C=O) groups excluding carboxylic acids is 3. The first kappa shape index (κ1) is 19.2. The van der Waals surface area contributed by atoms with Crippen LogP contribution in [-0.2, 0) is 20.9 Å². The van der Waals surface area contributed by atoms with Crippen molar-refractivity contribution >= 4 is 23.5 Å². The van der Waals surface area contributed by atoms with Crippen molar-refractivity contribution in [2.75, 3.05) is 18.5 Å². The average molecular weight is 358 g/mol. The van der Waals surface area contributed by atoms with Gasteiger partial charge in [0.25, 0.3) is 0 Å². The van der Waals surface area contributed by atoms with Gasteiger partial charge in [0.1, 0.15) is 5.76 Å². The van der Waals surface area contributed by atoms with Gasteiger partial charge in [-0.25, -0.2) is 4.79 Å². The lowest BCUT2D eigenvalue weighted by Crippen LogP contribution is -2.31. The number of benzene rings is 1. The van der Waals surface area contributed by atoms with E-state index in [4.69, 9.17) is 9.15 Å². The number of carbonyl (C=O) groups is 3. The molecule has 0 unspecified atom stereocenters. The lowest BCUT2D eigenvalue weighted by Gasteiger charge is -2.19. The Morgan fingerprint density at radius 1 is 1.15 bits per heavy atom. The zero-order chi connectivity index (χ0) is 18.9. The summed E-state index contributed by atoms with van der Waals surface area (Å²) in [5.41, 5.74) is 0.995. The van der Waals surface area contributed by atoms with E-state index in [-0.39, 0.29) is 24.8 Å². The van der Waals surface area contributed by atoms with Gasteiger partial charge in [-0.1, -0.05) is 0 Å². The van der Waals surface area contributed by atoms with Crippen LogP contribution < -0.4 is 5.32 Å². The summed E-state index contributed by atoms with van der Waals surface area (Å²) in [5, 5.41) is 2.74. The van der Waals surface area contributed by atoms with E-state index in [2.05, 4.69) is 5.32 Å². The van der Waals surface area contributed by atoms with E-state index in [9.17, 15) is 14.4 Å². The zero-order valence-electron chi connectivity index (χ0n) is 14.9. The predicted octanol–water partition coefficient (Wildman–Crippen LogP) is 2.83. The second-order valence-electron chi connectivity index (χ2n) is 5.62. The average Bonchev–Trinajstić information content (AvgIpc) is 3.12. The number of hydrogen-bond acceptors (Lipinski definition) is 5. The highest BCUT2D eigenvalue weighted by Gasteiger charge is 2.13. The van der Waals surface area contributed by atoms with Gasteiger partial charge in [0.05, 0.1) is 25.0 Å². The van der Waals surface area contributed by atoms with Crippen molar-refractivity contribution in [1.82, 2.24) is 4.90 Å². The van der Waals surface area contributed by atoms with Crippen molar-refractivity contribution in [3.05, 3.63) is 54.0 Å². The minimum atomic E-state index is -0.402. The summed E-state index contributed by atoms with van der Waals surface area (Å²) in [5.74, 6) is -0.0943. The van der Waals surface area contributed by atoms with E-state index in [1.807, 2.05) is 0 Å². The Balaban J connectivity index is 1.85. The smallest absolute Gasteiger partial charge is 0.338 e. The van der Waals surface area contributed by atoms with Crippen molar-refractivity contribution in [3.8, 4) is 0 Å². The molecule has 7 heteroatoms. The van der Waals surface area contributed by atoms with Crippen molar-refractivity contribution in [1.29, 1.82) is 0 Å². The van der Waals surface area contributed by atoms with E-state index < -0.39 is 5.97 Å². The molecule has 7 nitrogen and oxygen atoms in total. The number of anilines is 1. The number of nitrogens with zero attached hydrogens (tertiary/aromatic N) is 1. The van der Waals surface area contributed by atoms with Crippen LogP contribution in [0.3, 0.4) is 0 Å². The second kappa shape index (κ2) is 9.41. The first-order valence-electron chi connectivity index (χ1n) is 8.34. The first-order chi connectivity index (χ1) is 12.5. The molecule has 26 heavy (non-hydrogen) atoms. The van der Waals surface area contributed by atoms with E-state index in [1.165, 1.54) is 6.92 Å². The van der Waals surface area contributed by atoms with Gasteiger partial charge in [0.2, 0.25) is 11.8 Å². The molecule has 138 valence electrons. The Hall–Kier alpha value is -3.09. The molecule has 2 rings (SSSR count). The summed E-state index contributed by atoms with van der Waals surface area (Å²) in [6.07, 6.45) is 1.69. The molecule has 0 spiro atoms. The van der Waals surface area contributed by atoms with Crippen LogP contribution in [-0.4, -0.2) is 35.8 Å². The molecule has 0 aliphatic carbocycles. The fraction of sp³-hybridized carbons (Fsp3) is 0.316. The molecular formula is C19H22N2O5. The van der Waals surface area contributed by atoms with Crippen LogP contribution >= 0.6 is 0 Å². The summed E-state index contributed by atoms with van der Waals surface area (Å²) in [4.78, 5) is 36.9. The number of hydrogen-bond donors (Lipinski definition) is 1. The van der Waals surface area contributed by atoms with Crippen molar-refractivity contribution in [2.24, 2.45) is 0 Å². The van der Waals surface area contributed by atoms with Crippen LogP contribution in [0.15, 0.2) is 47.1 Å². The molecule has 0 saturated heterocycles. The van der Waals surface area contributed by atoms with E-state index in [1.54, 1.807) is 54.5 Å². The lowest BCUT2D eigenvalue weighted by atomic mass is 10.2. The molecule has 1 heterocycles. The third-order valence-electron chi connectivity index (χ3n) is 3.66. The van der Waals surface area contributed by atoms with Crippen molar-refractivity contribution in [3.63, 3.8) is 0 Å². The van der Waals surface area contributed by atoms with Gasteiger partial charge in [-0.3, -0.25) is 9.59 Å². The first-order valence-corrected chi connectivity index (χ1v) is 8.34. The molecule has 0 atom stereocenters. The summed E-state index contributed by atoms with van der Waals surface area (Å²) >= 11 is 0. The predicted molar refractivity (Wildman–Crippen MR) is 95.4 cm³/mol. The number of amides is 2. The SMILES string of the molecule is CCOC(=O)c1ccc(NC(=O)CCN(Cc2ccco2)C(C)=O)cc1. The summed E-state index contributed by atoms with van der Waals surface area (Å²) < 4.78 is 10.1. The fourth-order valence-corrected chi connectivity index (χ4v) is 2.30. The lowest BCUT2D eigenvalue weighted by molar-refractivity contribution is -0.130. The summed E-state index contributed by atoms with van der Waals surface area (Å²) in [6, 6.07) is 9.98. The van der Waals surface area contributed by atoms with Gasteiger partial charge in [-0.2, -0.15) is 0 Å². The van der Waals surface area contributed by atoms with Gasteiger partial charge >= 0.3 is 5.97 Å². The fourth-order valence-electron chi connectivity index (χ4n) is 2.30. The van der Waals surface area contributed by atoms with Gasteiger partial charge in [0, 0.05) is 25.6 Å². The third-order valence-corrected chi connectivity index (χ3v) is 3.66. The van der Waals surface area contributed by atoms with Crippen LogP contribution in [0, 0.1) is 0 Å². The molecule has 2 aromatic rings. The highest BCUT2D eigenvalue weighted by Crippen LogP contribution is 2.12. The topological polar surface area (TPSA) is 88.8 Å². The Labute approximate surface area is 151 Å². The van der Waals surface area contributed by atoms with Gasteiger partial charge < -0.3 is 19.4 Å². The minimum Gasteiger partial charge on any atom is -0.467 e. The van der Waals surface area contributed by atoms with E-state index in [0.717, 1.165) is 0 Å². The summed E-state index contributed by atoms with van der Waals surface area (Å²) in [6.45, 7) is 4.10.